The molecule has 7 nitrogen and oxygen atoms in total. The predicted molar refractivity (Wildman–Crippen MR) is 102 cm³/mol. The number of hydrogen-bond donors (Lipinski definition) is 1. The summed E-state index contributed by atoms with van der Waals surface area (Å²) in [6, 6.07) is 9.72. The molecule has 0 aliphatic carbocycles. The Morgan fingerprint density at radius 3 is 2.12 bits per heavy atom. The third-order valence-corrected chi connectivity index (χ3v) is 5.80. The first kappa shape index (κ1) is 19.9. The van der Waals surface area contributed by atoms with E-state index in [1.807, 2.05) is 25.9 Å². The van der Waals surface area contributed by atoms with Crippen molar-refractivity contribution in [1.29, 1.82) is 0 Å². The van der Waals surface area contributed by atoms with Crippen LogP contribution < -0.4 is 10.2 Å². The maximum absolute atomic E-state index is 12.4. The van der Waals surface area contributed by atoms with Gasteiger partial charge in [-0.25, -0.2) is 17.7 Å². The molecule has 1 amide bonds. The van der Waals surface area contributed by atoms with E-state index in [0.29, 0.717) is 5.56 Å². The fraction of sp³-hybridized carbons (Fsp3) is 0.333. The topological polar surface area (TPSA) is 82.6 Å². The molecule has 2 aromatic rings. The van der Waals surface area contributed by atoms with Gasteiger partial charge < -0.3 is 10.2 Å². The van der Waals surface area contributed by atoms with Crippen LogP contribution in [0.2, 0.25) is 0 Å². The maximum Gasteiger partial charge on any atom is 0.253 e. The Balaban J connectivity index is 2.09. The summed E-state index contributed by atoms with van der Waals surface area (Å²) in [6.45, 7) is 1.84. The minimum absolute atomic E-state index is 0.216. The van der Waals surface area contributed by atoms with Gasteiger partial charge >= 0.3 is 0 Å². The monoisotopic (exact) mass is 376 g/mol. The van der Waals surface area contributed by atoms with Crippen LogP contribution in [0.1, 0.15) is 28.9 Å². The molecule has 1 atom stereocenters. The van der Waals surface area contributed by atoms with E-state index in [9.17, 15) is 13.2 Å². The summed E-state index contributed by atoms with van der Waals surface area (Å²) in [4.78, 5) is 18.7. The highest BCUT2D eigenvalue weighted by Crippen LogP contribution is 2.18. The fourth-order valence-corrected chi connectivity index (χ4v) is 3.19. The van der Waals surface area contributed by atoms with Crippen molar-refractivity contribution in [3.63, 3.8) is 0 Å². The fourth-order valence-electron chi connectivity index (χ4n) is 2.29. The van der Waals surface area contributed by atoms with Crippen molar-refractivity contribution in [3.8, 4) is 0 Å². The predicted octanol–water partition coefficient (Wildman–Crippen LogP) is 1.89. The van der Waals surface area contributed by atoms with Gasteiger partial charge in [0.2, 0.25) is 10.0 Å². The first-order valence-electron chi connectivity index (χ1n) is 8.09. The first-order valence-corrected chi connectivity index (χ1v) is 9.53. The van der Waals surface area contributed by atoms with Gasteiger partial charge in [0.1, 0.15) is 5.82 Å². The van der Waals surface area contributed by atoms with E-state index in [2.05, 4.69) is 10.3 Å². The smallest absolute Gasteiger partial charge is 0.253 e. The highest BCUT2D eigenvalue weighted by Gasteiger charge is 2.18. The van der Waals surface area contributed by atoms with Gasteiger partial charge in [-0.15, -0.1) is 0 Å². The molecule has 1 aromatic carbocycles. The number of sulfonamides is 1. The van der Waals surface area contributed by atoms with Gasteiger partial charge in [-0.05, 0) is 36.8 Å². The van der Waals surface area contributed by atoms with E-state index in [-0.39, 0.29) is 16.8 Å². The summed E-state index contributed by atoms with van der Waals surface area (Å²) >= 11 is 0. The molecule has 2 rings (SSSR count). The van der Waals surface area contributed by atoms with Crippen LogP contribution in [0.3, 0.4) is 0 Å². The average molecular weight is 376 g/mol. The quantitative estimate of drug-likeness (QED) is 0.832. The standard InChI is InChI=1S/C18H24N4O3S/c1-13(14-6-9-16(10-7-14)26(24,25)22(4)5)20-18(23)15-8-11-17(19-12-15)21(2)3/h6-13H,1-5H3,(H,20,23)/t13-/m1/s1. The summed E-state index contributed by atoms with van der Waals surface area (Å²) in [5, 5.41) is 2.89. The number of nitrogens with one attached hydrogen (secondary N) is 1. The molecular formula is C18H24N4O3S. The summed E-state index contributed by atoms with van der Waals surface area (Å²) in [6.07, 6.45) is 1.53. The van der Waals surface area contributed by atoms with Gasteiger partial charge in [0.25, 0.3) is 5.91 Å². The first-order chi connectivity index (χ1) is 12.1. The zero-order valence-corrected chi connectivity index (χ0v) is 16.4. The molecular weight excluding hydrogens is 352 g/mol. The molecule has 0 bridgehead atoms. The molecule has 0 unspecified atom stereocenters. The van der Waals surface area contributed by atoms with Crippen LogP contribution in [-0.2, 0) is 10.0 Å². The molecule has 8 heteroatoms. The van der Waals surface area contributed by atoms with Crippen LogP contribution in [-0.4, -0.2) is 51.8 Å². The van der Waals surface area contributed by atoms with E-state index >= 15 is 0 Å². The van der Waals surface area contributed by atoms with Crippen molar-refractivity contribution in [2.24, 2.45) is 0 Å². The van der Waals surface area contributed by atoms with Crippen molar-refractivity contribution in [2.45, 2.75) is 17.9 Å². The van der Waals surface area contributed by atoms with Gasteiger partial charge in [0, 0.05) is 34.4 Å². The number of carbonyl (C=O) groups is 1. The number of nitrogens with zero attached hydrogens (tertiary/aromatic N) is 3. The summed E-state index contributed by atoms with van der Waals surface area (Å²) < 4.78 is 25.4. The normalized spacial score (nSPS) is 12.7. The summed E-state index contributed by atoms with van der Waals surface area (Å²) in [7, 11) is 3.27. The molecule has 0 fully saturated rings. The van der Waals surface area contributed by atoms with Gasteiger partial charge in [0.15, 0.2) is 0 Å². The molecule has 1 N–H and O–H groups in total. The Morgan fingerprint density at radius 1 is 1.04 bits per heavy atom. The summed E-state index contributed by atoms with van der Waals surface area (Å²) in [5.41, 5.74) is 1.28. The largest absolute Gasteiger partial charge is 0.363 e. The molecule has 0 saturated heterocycles. The zero-order chi connectivity index (χ0) is 19.5. The number of rotatable bonds is 6. The van der Waals surface area contributed by atoms with Crippen molar-refractivity contribution in [1.82, 2.24) is 14.6 Å². The molecule has 0 radical (unpaired) electrons. The second kappa shape index (κ2) is 7.84. The van der Waals surface area contributed by atoms with Crippen molar-refractivity contribution in [2.75, 3.05) is 33.1 Å². The SMILES string of the molecule is C[C@@H](NC(=O)c1ccc(N(C)C)nc1)c1ccc(S(=O)(=O)N(C)C)cc1. The number of hydrogen-bond acceptors (Lipinski definition) is 5. The Hall–Kier alpha value is -2.45. The number of benzene rings is 1. The molecule has 1 heterocycles. The number of pyridine rings is 1. The third kappa shape index (κ3) is 4.39. The van der Waals surface area contributed by atoms with E-state index in [1.165, 1.54) is 20.3 Å². The molecule has 1 aromatic heterocycles. The van der Waals surface area contributed by atoms with Crippen molar-refractivity contribution in [3.05, 3.63) is 53.7 Å². The molecule has 26 heavy (non-hydrogen) atoms. The lowest BCUT2D eigenvalue weighted by atomic mass is 10.1. The van der Waals surface area contributed by atoms with Crippen LogP contribution in [0.15, 0.2) is 47.5 Å². The molecule has 0 saturated carbocycles. The number of anilines is 1. The zero-order valence-electron chi connectivity index (χ0n) is 15.6. The minimum Gasteiger partial charge on any atom is -0.363 e. The third-order valence-electron chi connectivity index (χ3n) is 3.97. The van der Waals surface area contributed by atoms with Gasteiger partial charge in [0.05, 0.1) is 16.5 Å². The van der Waals surface area contributed by atoms with Crippen LogP contribution in [0.4, 0.5) is 5.82 Å². The molecule has 0 aliphatic heterocycles. The number of amides is 1. The van der Waals surface area contributed by atoms with E-state index in [0.717, 1.165) is 15.7 Å². The number of carbonyl (C=O) groups excluding carboxylic acids is 1. The Kier molecular flexibility index (Phi) is 5.99. The van der Waals surface area contributed by atoms with E-state index in [1.54, 1.807) is 36.4 Å². The highest BCUT2D eigenvalue weighted by atomic mass is 32.2. The van der Waals surface area contributed by atoms with E-state index in [4.69, 9.17) is 0 Å². The molecule has 140 valence electrons. The van der Waals surface area contributed by atoms with Gasteiger partial charge in [-0.3, -0.25) is 4.79 Å². The lowest BCUT2D eigenvalue weighted by Crippen LogP contribution is -2.27. The Morgan fingerprint density at radius 2 is 1.65 bits per heavy atom. The molecule has 0 spiro atoms. The molecule has 0 aliphatic rings. The second-order valence-electron chi connectivity index (χ2n) is 6.35. The van der Waals surface area contributed by atoms with Gasteiger partial charge in [-0.1, -0.05) is 12.1 Å². The average Bonchev–Trinajstić information content (AvgIpc) is 2.61. The lowest BCUT2D eigenvalue weighted by Gasteiger charge is -2.16. The summed E-state index contributed by atoms with van der Waals surface area (Å²) in [5.74, 6) is 0.535. The van der Waals surface area contributed by atoms with Crippen LogP contribution >= 0.6 is 0 Å². The maximum atomic E-state index is 12.4. The van der Waals surface area contributed by atoms with Crippen molar-refractivity contribution < 1.29 is 13.2 Å². The van der Waals surface area contributed by atoms with E-state index < -0.39 is 10.0 Å². The minimum atomic E-state index is -3.46. The van der Waals surface area contributed by atoms with Crippen LogP contribution in [0.5, 0.6) is 0 Å². The van der Waals surface area contributed by atoms with Gasteiger partial charge in [-0.2, -0.15) is 0 Å². The second-order valence-corrected chi connectivity index (χ2v) is 8.50. The highest BCUT2D eigenvalue weighted by molar-refractivity contribution is 7.89. The van der Waals surface area contributed by atoms with Crippen LogP contribution in [0.25, 0.3) is 0 Å². The number of aromatic nitrogens is 1. The van der Waals surface area contributed by atoms with Crippen LogP contribution in [0, 0.1) is 0 Å². The lowest BCUT2D eigenvalue weighted by molar-refractivity contribution is 0.0939. The Labute approximate surface area is 154 Å². The Bertz CT molecular complexity index is 860. The van der Waals surface area contributed by atoms with Crippen molar-refractivity contribution >= 4 is 21.7 Å².